The Morgan fingerprint density at radius 3 is 2.48 bits per heavy atom. The number of pyridine rings is 1. The molecule has 1 amide bonds. The van der Waals surface area contributed by atoms with E-state index < -0.39 is 11.9 Å². The predicted octanol–water partition coefficient (Wildman–Crippen LogP) is 2.73. The van der Waals surface area contributed by atoms with E-state index in [1.54, 1.807) is 24.3 Å². The molecule has 0 spiro atoms. The lowest BCUT2D eigenvalue weighted by Crippen LogP contribution is -2.22. The van der Waals surface area contributed by atoms with Crippen molar-refractivity contribution in [2.45, 2.75) is 5.03 Å². The highest BCUT2D eigenvalue weighted by atomic mass is 35.5. The molecule has 0 saturated carbocycles. The van der Waals surface area contributed by atoms with Crippen LogP contribution in [-0.4, -0.2) is 33.5 Å². The van der Waals surface area contributed by atoms with E-state index in [1.807, 2.05) is 6.07 Å². The first kappa shape index (κ1) is 17.0. The van der Waals surface area contributed by atoms with Gasteiger partial charge in [0.1, 0.15) is 10.2 Å². The van der Waals surface area contributed by atoms with Gasteiger partial charge in [0.2, 0.25) is 0 Å². The number of rotatable bonds is 5. The molecule has 1 heterocycles. The Bertz CT molecular complexity index is 752. The molecule has 8 heteroatoms. The number of thioether (sulfide) groups is 1. The van der Waals surface area contributed by atoms with Crippen LogP contribution < -0.4 is 5.32 Å². The first-order chi connectivity index (χ1) is 11.0. The van der Waals surface area contributed by atoms with Crippen molar-refractivity contribution in [2.75, 3.05) is 11.1 Å². The number of carbonyl (C=O) groups is 3. The maximum absolute atomic E-state index is 12.1. The lowest BCUT2D eigenvalue weighted by Gasteiger charge is -2.08. The minimum Gasteiger partial charge on any atom is -0.474 e. The lowest BCUT2D eigenvalue weighted by molar-refractivity contribution is -0.147. The molecule has 23 heavy (non-hydrogen) atoms. The van der Waals surface area contributed by atoms with Crippen molar-refractivity contribution in [1.29, 1.82) is 0 Å². The first-order valence-corrected chi connectivity index (χ1v) is 7.75. The van der Waals surface area contributed by atoms with Gasteiger partial charge in [-0.15, -0.1) is 0 Å². The van der Waals surface area contributed by atoms with Crippen molar-refractivity contribution in [3.63, 3.8) is 0 Å². The van der Waals surface area contributed by atoms with Gasteiger partial charge in [-0.25, -0.2) is 9.78 Å². The Kier molecular flexibility index (Phi) is 5.72. The highest BCUT2D eigenvalue weighted by molar-refractivity contribution is 8.00. The van der Waals surface area contributed by atoms with E-state index in [-0.39, 0.29) is 27.4 Å². The van der Waals surface area contributed by atoms with Gasteiger partial charge in [-0.3, -0.25) is 9.59 Å². The normalized spacial score (nSPS) is 10.1. The van der Waals surface area contributed by atoms with E-state index in [0.717, 1.165) is 11.8 Å². The van der Waals surface area contributed by atoms with Gasteiger partial charge in [0, 0.05) is 5.56 Å². The zero-order chi connectivity index (χ0) is 16.8. The number of nitrogens with one attached hydrogen (secondary N) is 1. The molecule has 6 nitrogen and oxygen atoms in total. The van der Waals surface area contributed by atoms with E-state index in [0.29, 0.717) is 5.56 Å². The summed E-state index contributed by atoms with van der Waals surface area (Å²) in [6.45, 7) is 0. The number of carboxylic acid groups (broad SMARTS) is 1. The summed E-state index contributed by atoms with van der Waals surface area (Å²) in [6, 6.07) is 11.6. The van der Waals surface area contributed by atoms with Crippen LogP contribution in [0.5, 0.6) is 0 Å². The molecule has 1 aromatic carbocycles. The summed E-state index contributed by atoms with van der Waals surface area (Å²) in [7, 11) is 0. The van der Waals surface area contributed by atoms with Crippen molar-refractivity contribution in [2.24, 2.45) is 0 Å². The van der Waals surface area contributed by atoms with E-state index in [2.05, 4.69) is 10.3 Å². The molecular formula is C15H11ClN2O4S. The average Bonchev–Trinajstić information content (AvgIpc) is 2.55. The first-order valence-electron chi connectivity index (χ1n) is 6.39. The quantitative estimate of drug-likeness (QED) is 0.372. The van der Waals surface area contributed by atoms with Gasteiger partial charge in [-0.2, -0.15) is 0 Å². The molecule has 2 aromatic rings. The molecule has 0 saturated heterocycles. The predicted molar refractivity (Wildman–Crippen MR) is 87.0 cm³/mol. The van der Waals surface area contributed by atoms with Crippen LogP contribution >= 0.6 is 23.4 Å². The number of Topliss-reactive ketones (excluding diaryl/α,β-unsaturated/α-hetero) is 1. The van der Waals surface area contributed by atoms with Crippen molar-refractivity contribution in [1.82, 2.24) is 4.98 Å². The molecule has 118 valence electrons. The number of benzene rings is 1. The molecule has 2 N–H and O–H groups in total. The number of anilines is 1. The number of carboxylic acids is 1. The van der Waals surface area contributed by atoms with Crippen molar-refractivity contribution in [3.8, 4) is 0 Å². The van der Waals surface area contributed by atoms with Crippen LogP contribution in [0.2, 0.25) is 5.15 Å². The monoisotopic (exact) mass is 350 g/mol. The highest BCUT2D eigenvalue weighted by Gasteiger charge is 2.16. The molecule has 2 rings (SSSR count). The molecule has 0 unspecified atom stereocenters. The summed E-state index contributed by atoms with van der Waals surface area (Å²) in [5, 5.41) is 11.3. The third-order valence-electron chi connectivity index (χ3n) is 2.70. The van der Waals surface area contributed by atoms with Crippen molar-refractivity contribution < 1.29 is 19.5 Å². The fraction of sp³-hybridized carbons (Fsp3) is 0.0667. The maximum Gasteiger partial charge on any atom is 0.394 e. The zero-order valence-electron chi connectivity index (χ0n) is 11.7. The van der Waals surface area contributed by atoms with Crippen LogP contribution in [0.4, 0.5) is 5.69 Å². The Hall–Kier alpha value is -2.38. The number of aromatic nitrogens is 1. The van der Waals surface area contributed by atoms with Gasteiger partial charge in [0.15, 0.2) is 5.78 Å². The van der Waals surface area contributed by atoms with Gasteiger partial charge >= 0.3 is 11.9 Å². The third-order valence-corrected chi connectivity index (χ3v) is 3.91. The second-order valence-electron chi connectivity index (χ2n) is 4.32. The summed E-state index contributed by atoms with van der Waals surface area (Å²) < 4.78 is 0. The van der Waals surface area contributed by atoms with Crippen LogP contribution in [0.25, 0.3) is 0 Å². The molecule has 0 radical (unpaired) electrons. The molecule has 0 aliphatic rings. The fourth-order valence-corrected chi connectivity index (χ4v) is 2.71. The van der Waals surface area contributed by atoms with Gasteiger partial charge in [0.05, 0.1) is 11.4 Å². The molecular weight excluding hydrogens is 340 g/mol. The summed E-state index contributed by atoms with van der Waals surface area (Å²) >= 11 is 6.87. The fourth-order valence-electron chi connectivity index (χ4n) is 1.64. The number of nitrogens with zero attached hydrogens (tertiary/aromatic N) is 1. The van der Waals surface area contributed by atoms with E-state index in [9.17, 15) is 14.4 Å². The summed E-state index contributed by atoms with van der Waals surface area (Å²) in [4.78, 5) is 38.0. The summed E-state index contributed by atoms with van der Waals surface area (Å²) in [5.74, 6) is -2.85. The smallest absolute Gasteiger partial charge is 0.394 e. The largest absolute Gasteiger partial charge is 0.474 e. The topological polar surface area (TPSA) is 96.4 Å². The molecule has 0 bridgehead atoms. The molecule has 0 atom stereocenters. The number of aliphatic carboxylic acids is 1. The van der Waals surface area contributed by atoms with E-state index in [4.69, 9.17) is 16.7 Å². The Morgan fingerprint density at radius 2 is 1.83 bits per heavy atom. The third kappa shape index (κ3) is 4.80. The number of hydrogen-bond acceptors (Lipinski definition) is 5. The van der Waals surface area contributed by atoms with Crippen LogP contribution in [0.1, 0.15) is 10.4 Å². The average molecular weight is 351 g/mol. The molecule has 0 aliphatic heterocycles. The van der Waals surface area contributed by atoms with Crippen LogP contribution in [0.15, 0.2) is 47.5 Å². The van der Waals surface area contributed by atoms with Crippen LogP contribution in [0, 0.1) is 0 Å². The van der Waals surface area contributed by atoms with Crippen molar-refractivity contribution >= 4 is 46.7 Å². The van der Waals surface area contributed by atoms with Crippen LogP contribution in [0.3, 0.4) is 0 Å². The number of ketones is 1. The number of hydrogen-bond donors (Lipinski definition) is 2. The Labute approximate surface area is 140 Å². The SMILES string of the molecule is O=C(O)C(=O)Nc1ccc(Cl)nc1SCC(=O)c1ccccc1. The second-order valence-corrected chi connectivity index (χ2v) is 5.68. The minimum absolute atomic E-state index is 0.0767. The Balaban J connectivity index is 2.12. The second kappa shape index (κ2) is 7.75. The van der Waals surface area contributed by atoms with E-state index >= 15 is 0 Å². The molecule has 0 fully saturated rings. The van der Waals surface area contributed by atoms with Gasteiger partial charge in [-0.05, 0) is 12.1 Å². The molecule has 1 aromatic heterocycles. The van der Waals surface area contributed by atoms with E-state index in [1.165, 1.54) is 12.1 Å². The van der Waals surface area contributed by atoms with Crippen LogP contribution in [-0.2, 0) is 9.59 Å². The van der Waals surface area contributed by atoms with Crippen molar-refractivity contribution in [3.05, 3.63) is 53.2 Å². The lowest BCUT2D eigenvalue weighted by atomic mass is 10.2. The summed E-state index contributed by atoms with van der Waals surface area (Å²) in [5.41, 5.74) is 0.741. The standard InChI is InChI=1S/C15H11ClN2O4S/c16-12-7-6-10(17-13(20)15(21)22)14(18-12)23-8-11(19)9-4-2-1-3-5-9/h1-7H,8H2,(H,17,20)(H,21,22). The van der Waals surface area contributed by atoms with Gasteiger partial charge < -0.3 is 10.4 Å². The minimum atomic E-state index is -1.61. The maximum atomic E-state index is 12.1. The summed E-state index contributed by atoms with van der Waals surface area (Å²) in [6.07, 6.45) is 0. The Morgan fingerprint density at radius 1 is 1.13 bits per heavy atom. The number of halogens is 1. The number of amides is 1. The number of carbonyl (C=O) groups excluding carboxylic acids is 2. The van der Waals surface area contributed by atoms with Gasteiger partial charge in [0.25, 0.3) is 0 Å². The highest BCUT2D eigenvalue weighted by Crippen LogP contribution is 2.27. The van der Waals surface area contributed by atoms with Gasteiger partial charge in [-0.1, -0.05) is 53.7 Å². The molecule has 0 aliphatic carbocycles. The zero-order valence-corrected chi connectivity index (χ0v) is 13.2.